The Balaban J connectivity index is 1.80. The Morgan fingerprint density at radius 2 is 1.74 bits per heavy atom. The van der Waals surface area contributed by atoms with Crippen LogP contribution in [0.3, 0.4) is 0 Å². The quantitative estimate of drug-likeness (QED) is 0.515. The van der Waals surface area contributed by atoms with Crippen molar-refractivity contribution in [2.45, 2.75) is 11.4 Å². The number of rotatable bonds is 5. The Kier molecular flexibility index (Phi) is 5.16. The summed E-state index contributed by atoms with van der Waals surface area (Å²) >= 11 is 7.86. The Labute approximate surface area is 145 Å². The first-order chi connectivity index (χ1) is 11.2. The van der Waals surface area contributed by atoms with Gasteiger partial charge in [-0.2, -0.15) is 0 Å². The van der Waals surface area contributed by atoms with E-state index in [-0.39, 0.29) is 0 Å². The van der Waals surface area contributed by atoms with Gasteiger partial charge in [-0.15, -0.1) is 11.8 Å². The van der Waals surface area contributed by atoms with Crippen LogP contribution in [0, 0.1) is 0 Å². The summed E-state index contributed by atoms with van der Waals surface area (Å²) < 4.78 is 0. The molecule has 1 aromatic heterocycles. The molecule has 2 aromatic carbocycles. The normalized spacial score (nSPS) is 10.5. The lowest BCUT2D eigenvalue weighted by Gasteiger charge is -2.08. The number of hydrogen-bond acceptors (Lipinski definition) is 4. The van der Waals surface area contributed by atoms with Crippen molar-refractivity contribution < 1.29 is 0 Å². The third-order valence-electron chi connectivity index (χ3n) is 3.37. The van der Waals surface area contributed by atoms with Crippen LogP contribution < -0.4 is 5.32 Å². The molecule has 1 heterocycles. The first-order valence-electron chi connectivity index (χ1n) is 7.21. The molecule has 0 aliphatic carbocycles. The smallest absolute Gasteiger partial charge is 0.224 e. The molecule has 3 aromatic rings. The second-order valence-electron chi connectivity index (χ2n) is 4.97. The zero-order valence-corrected chi connectivity index (χ0v) is 14.2. The van der Waals surface area contributed by atoms with Crippen LogP contribution in [0.5, 0.6) is 0 Å². The molecule has 0 radical (unpaired) electrons. The third-order valence-corrected chi connectivity index (χ3v) is 4.31. The summed E-state index contributed by atoms with van der Waals surface area (Å²) in [6.07, 6.45) is 2.06. The van der Waals surface area contributed by atoms with Crippen molar-refractivity contribution in [2.24, 2.45) is 0 Å². The van der Waals surface area contributed by atoms with Crippen molar-refractivity contribution in [1.29, 1.82) is 0 Å². The molecule has 0 aliphatic heterocycles. The Bertz CT molecular complexity index is 776. The van der Waals surface area contributed by atoms with E-state index in [1.54, 1.807) is 17.8 Å². The number of hydrogen-bond donors (Lipinski definition) is 1. The van der Waals surface area contributed by atoms with Crippen LogP contribution in [0.15, 0.2) is 65.6 Å². The van der Waals surface area contributed by atoms with Crippen molar-refractivity contribution in [3.05, 3.63) is 71.4 Å². The number of halogens is 1. The number of nitrogens with zero attached hydrogens (tertiary/aromatic N) is 2. The minimum absolute atomic E-state index is 0.430. The van der Waals surface area contributed by atoms with E-state index in [0.29, 0.717) is 17.6 Å². The predicted molar refractivity (Wildman–Crippen MR) is 98.0 cm³/mol. The van der Waals surface area contributed by atoms with E-state index in [2.05, 4.69) is 45.8 Å². The highest BCUT2D eigenvalue weighted by molar-refractivity contribution is 7.98. The SMILES string of the molecule is CSc1ccc(-c2cc(Cl)nc(NCc3ccccc3)n2)cc1. The van der Waals surface area contributed by atoms with Gasteiger partial charge in [0.15, 0.2) is 0 Å². The molecule has 3 nitrogen and oxygen atoms in total. The molecule has 5 heteroatoms. The van der Waals surface area contributed by atoms with Crippen LogP contribution in [0.25, 0.3) is 11.3 Å². The average Bonchev–Trinajstić information content (AvgIpc) is 2.60. The highest BCUT2D eigenvalue weighted by Crippen LogP contribution is 2.24. The summed E-state index contributed by atoms with van der Waals surface area (Å²) in [5.74, 6) is 0.533. The lowest BCUT2D eigenvalue weighted by molar-refractivity contribution is 1.06. The van der Waals surface area contributed by atoms with E-state index in [1.165, 1.54) is 10.5 Å². The molecule has 0 fully saturated rings. The fourth-order valence-corrected chi connectivity index (χ4v) is 2.77. The van der Waals surface area contributed by atoms with Gasteiger partial charge in [0.1, 0.15) is 5.15 Å². The molecular weight excluding hydrogens is 326 g/mol. The summed E-state index contributed by atoms with van der Waals surface area (Å²) in [6, 6.07) is 20.2. The summed E-state index contributed by atoms with van der Waals surface area (Å²) in [7, 11) is 0. The van der Waals surface area contributed by atoms with Gasteiger partial charge in [0.2, 0.25) is 5.95 Å². The number of nitrogens with one attached hydrogen (secondary N) is 1. The van der Waals surface area contributed by atoms with Crippen LogP contribution in [0.2, 0.25) is 5.15 Å². The van der Waals surface area contributed by atoms with Gasteiger partial charge in [-0.25, -0.2) is 9.97 Å². The van der Waals surface area contributed by atoms with E-state index < -0.39 is 0 Å². The highest BCUT2D eigenvalue weighted by atomic mass is 35.5. The fourth-order valence-electron chi connectivity index (χ4n) is 2.18. The molecule has 0 bridgehead atoms. The number of aromatic nitrogens is 2. The highest BCUT2D eigenvalue weighted by Gasteiger charge is 2.06. The van der Waals surface area contributed by atoms with Crippen LogP contribution in [-0.4, -0.2) is 16.2 Å². The molecule has 116 valence electrons. The summed E-state index contributed by atoms with van der Waals surface area (Å²) in [5.41, 5.74) is 3.00. The minimum atomic E-state index is 0.430. The van der Waals surface area contributed by atoms with Gasteiger partial charge >= 0.3 is 0 Å². The first kappa shape index (κ1) is 15.8. The van der Waals surface area contributed by atoms with E-state index in [4.69, 9.17) is 11.6 Å². The van der Waals surface area contributed by atoms with Crippen molar-refractivity contribution >= 4 is 29.3 Å². The lowest BCUT2D eigenvalue weighted by atomic mass is 10.1. The lowest BCUT2D eigenvalue weighted by Crippen LogP contribution is -2.04. The standard InChI is InChI=1S/C18H16ClN3S/c1-23-15-9-7-14(8-10-15)16-11-17(19)22-18(21-16)20-12-13-5-3-2-4-6-13/h2-11H,12H2,1H3,(H,20,21,22). The van der Waals surface area contributed by atoms with E-state index in [9.17, 15) is 0 Å². The zero-order valence-electron chi connectivity index (χ0n) is 12.7. The molecule has 0 spiro atoms. The van der Waals surface area contributed by atoms with Crippen LogP contribution in [0.4, 0.5) is 5.95 Å². The number of thioether (sulfide) groups is 1. The molecule has 23 heavy (non-hydrogen) atoms. The second kappa shape index (κ2) is 7.49. The van der Waals surface area contributed by atoms with Gasteiger partial charge in [0.25, 0.3) is 0 Å². The maximum absolute atomic E-state index is 6.14. The minimum Gasteiger partial charge on any atom is -0.350 e. The molecular formula is C18H16ClN3S. The predicted octanol–water partition coefficient (Wildman–Crippen LogP) is 5.13. The first-order valence-corrected chi connectivity index (χ1v) is 8.81. The topological polar surface area (TPSA) is 37.8 Å². The maximum Gasteiger partial charge on any atom is 0.224 e. The summed E-state index contributed by atoms with van der Waals surface area (Å²) in [4.78, 5) is 10.0. The van der Waals surface area contributed by atoms with Crippen molar-refractivity contribution in [1.82, 2.24) is 9.97 Å². The second-order valence-corrected chi connectivity index (χ2v) is 6.23. The van der Waals surface area contributed by atoms with E-state index >= 15 is 0 Å². The number of anilines is 1. The van der Waals surface area contributed by atoms with Crippen molar-refractivity contribution in [3.8, 4) is 11.3 Å². The third kappa shape index (κ3) is 4.24. The molecule has 1 N–H and O–H groups in total. The largest absolute Gasteiger partial charge is 0.350 e. The van der Waals surface area contributed by atoms with Crippen molar-refractivity contribution in [2.75, 3.05) is 11.6 Å². The van der Waals surface area contributed by atoms with Crippen LogP contribution in [0.1, 0.15) is 5.56 Å². The monoisotopic (exact) mass is 341 g/mol. The molecule has 0 atom stereocenters. The summed E-state index contributed by atoms with van der Waals surface area (Å²) in [6.45, 7) is 0.659. The van der Waals surface area contributed by atoms with Gasteiger partial charge in [-0.3, -0.25) is 0 Å². The van der Waals surface area contributed by atoms with Gasteiger partial charge in [0.05, 0.1) is 5.69 Å². The van der Waals surface area contributed by atoms with Gasteiger partial charge in [0, 0.05) is 23.1 Å². The van der Waals surface area contributed by atoms with Crippen LogP contribution in [-0.2, 0) is 6.54 Å². The molecule has 0 unspecified atom stereocenters. The maximum atomic E-state index is 6.14. The zero-order chi connectivity index (χ0) is 16.1. The summed E-state index contributed by atoms with van der Waals surface area (Å²) in [5, 5.41) is 3.65. The Hall–Kier alpha value is -2.04. The fraction of sp³-hybridized carbons (Fsp3) is 0.111. The van der Waals surface area contributed by atoms with Crippen LogP contribution >= 0.6 is 23.4 Å². The Morgan fingerprint density at radius 1 is 1.00 bits per heavy atom. The molecule has 3 rings (SSSR count). The molecule has 0 saturated heterocycles. The van der Waals surface area contributed by atoms with Gasteiger partial charge in [-0.05, 0) is 24.0 Å². The van der Waals surface area contributed by atoms with Crippen molar-refractivity contribution in [3.63, 3.8) is 0 Å². The van der Waals surface area contributed by atoms with Gasteiger partial charge < -0.3 is 5.32 Å². The molecule has 0 saturated carbocycles. The molecule has 0 amide bonds. The average molecular weight is 342 g/mol. The number of benzene rings is 2. The van der Waals surface area contributed by atoms with E-state index in [1.807, 2.05) is 30.3 Å². The molecule has 0 aliphatic rings. The van der Waals surface area contributed by atoms with Gasteiger partial charge in [-0.1, -0.05) is 54.1 Å². The van der Waals surface area contributed by atoms with E-state index in [0.717, 1.165) is 11.3 Å². The Morgan fingerprint density at radius 3 is 2.43 bits per heavy atom.